The molecule has 0 aromatic rings. The van der Waals surface area contributed by atoms with Crippen LogP contribution in [0.15, 0.2) is 0 Å². The van der Waals surface area contributed by atoms with Crippen molar-refractivity contribution in [1.82, 2.24) is 4.90 Å². The summed E-state index contributed by atoms with van der Waals surface area (Å²) in [5, 5.41) is 0. The highest BCUT2D eigenvalue weighted by molar-refractivity contribution is 5.77. The minimum absolute atomic E-state index is 0.218. The van der Waals surface area contributed by atoms with Crippen LogP contribution in [-0.4, -0.2) is 29.4 Å². The summed E-state index contributed by atoms with van der Waals surface area (Å²) in [5.41, 5.74) is 6.19. The van der Waals surface area contributed by atoms with E-state index in [0.717, 1.165) is 18.8 Å². The predicted octanol–water partition coefficient (Wildman–Crippen LogP) is 3.08. The summed E-state index contributed by atoms with van der Waals surface area (Å²) >= 11 is 0. The molecule has 2 aliphatic carbocycles. The Morgan fingerprint density at radius 1 is 1.21 bits per heavy atom. The monoisotopic (exact) mass is 266 g/mol. The Morgan fingerprint density at radius 3 is 2.53 bits per heavy atom. The minimum Gasteiger partial charge on any atom is -0.343 e. The lowest BCUT2D eigenvalue weighted by Crippen LogP contribution is -2.48. The van der Waals surface area contributed by atoms with Gasteiger partial charge in [-0.05, 0) is 31.6 Å². The van der Waals surface area contributed by atoms with Gasteiger partial charge in [-0.2, -0.15) is 0 Å². The third-order valence-electron chi connectivity index (χ3n) is 5.20. The molecule has 2 atom stereocenters. The fraction of sp³-hybridized carbons (Fsp3) is 0.938. The first-order chi connectivity index (χ1) is 9.00. The van der Waals surface area contributed by atoms with Crippen molar-refractivity contribution in [3.63, 3.8) is 0 Å². The molecule has 0 aliphatic heterocycles. The van der Waals surface area contributed by atoms with Gasteiger partial charge in [0.2, 0.25) is 5.91 Å². The molecule has 0 aromatic carbocycles. The molecular weight excluding hydrogens is 236 g/mol. The number of carbonyl (C=O) groups excluding carboxylic acids is 1. The zero-order valence-electron chi connectivity index (χ0n) is 12.7. The van der Waals surface area contributed by atoms with Crippen LogP contribution >= 0.6 is 0 Å². The van der Waals surface area contributed by atoms with Crippen LogP contribution in [0, 0.1) is 5.92 Å². The molecule has 2 rings (SSSR count). The van der Waals surface area contributed by atoms with Crippen molar-refractivity contribution in [1.29, 1.82) is 0 Å². The summed E-state index contributed by atoms with van der Waals surface area (Å²) in [6.45, 7) is 2.30. The third-order valence-corrected chi connectivity index (χ3v) is 5.20. The van der Waals surface area contributed by atoms with Gasteiger partial charge in [0.25, 0.3) is 0 Å². The minimum atomic E-state index is -0.218. The van der Waals surface area contributed by atoms with Gasteiger partial charge in [-0.3, -0.25) is 4.79 Å². The average molecular weight is 266 g/mol. The van der Waals surface area contributed by atoms with Crippen LogP contribution in [0.2, 0.25) is 0 Å². The number of rotatable bonds is 3. The Bertz CT molecular complexity index is 310. The van der Waals surface area contributed by atoms with Gasteiger partial charge < -0.3 is 10.6 Å². The zero-order chi connectivity index (χ0) is 13.9. The number of hydrogen-bond donors (Lipinski definition) is 1. The summed E-state index contributed by atoms with van der Waals surface area (Å²) in [7, 11) is 1.98. The lowest BCUT2D eigenvalue weighted by Gasteiger charge is -2.38. The summed E-state index contributed by atoms with van der Waals surface area (Å²) < 4.78 is 0. The number of carbonyl (C=O) groups is 1. The van der Waals surface area contributed by atoms with Crippen LogP contribution in [0.3, 0.4) is 0 Å². The molecule has 0 radical (unpaired) electrons. The van der Waals surface area contributed by atoms with Gasteiger partial charge in [-0.15, -0.1) is 0 Å². The maximum absolute atomic E-state index is 12.5. The molecule has 2 fully saturated rings. The average Bonchev–Trinajstić information content (AvgIpc) is 2.38. The number of hydrogen-bond acceptors (Lipinski definition) is 2. The van der Waals surface area contributed by atoms with E-state index in [0.29, 0.717) is 12.5 Å². The molecule has 3 heteroatoms. The lowest BCUT2D eigenvalue weighted by molar-refractivity contribution is -0.134. The van der Waals surface area contributed by atoms with Crippen molar-refractivity contribution in [3.8, 4) is 0 Å². The lowest BCUT2D eigenvalue weighted by atomic mass is 9.79. The van der Waals surface area contributed by atoms with Crippen LogP contribution in [-0.2, 0) is 4.79 Å². The van der Waals surface area contributed by atoms with Crippen LogP contribution in [0.1, 0.15) is 71.1 Å². The Hall–Kier alpha value is -0.570. The van der Waals surface area contributed by atoms with Crippen LogP contribution < -0.4 is 5.73 Å². The Kier molecular flexibility index (Phi) is 4.88. The molecule has 2 saturated carbocycles. The van der Waals surface area contributed by atoms with Crippen molar-refractivity contribution in [2.45, 2.75) is 82.7 Å². The smallest absolute Gasteiger partial charge is 0.224 e. The molecule has 0 saturated heterocycles. The van der Waals surface area contributed by atoms with Gasteiger partial charge in [0.15, 0.2) is 0 Å². The molecule has 110 valence electrons. The predicted molar refractivity (Wildman–Crippen MR) is 78.8 cm³/mol. The number of nitrogens with two attached hydrogens (primary N) is 1. The summed E-state index contributed by atoms with van der Waals surface area (Å²) in [4.78, 5) is 14.5. The Labute approximate surface area is 117 Å². The topological polar surface area (TPSA) is 46.3 Å². The molecule has 19 heavy (non-hydrogen) atoms. The van der Waals surface area contributed by atoms with Gasteiger partial charge in [-0.25, -0.2) is 0 Å². The molecule has 1 amide bonds. The Balaban J connectivity index is 1.87. The van der Waals surface area contributed by atoms with E-state index in [1.54, 1.807) is 0 Å². The molecule has 0 bridgehead atoms. The van der Waals surface area contributed by atoms with Crippen molar-refractivity contribution in [2.24, 2.45) is 11.7 Å². The van der Waals surface area contributed by atoms with Gasteiger partial charge in [0, 0.05) is 25.0 Å². The normalized spacial score (nSPS) is 30.9. The zero-order valence-corrected chi connectivity index (χ0v) is 12.7. The first kappa shape index (κ1) is 14.8. The first-order valence-corrected chi connectivity index (χ1v) is 8.05. The second kappa shape index (κ2) is 6.25. The van der Waals surface area contributed by atoms with E-state index in [2.05, 4.69) is 6.92 Å². The molecule has 2 unspecified atom stereocenters. The van der Waals surface area contributed by atoms with E-state index in [4.69, 9.17) is 5.73 Å². The van der Waals surface area contributed by atoms with Crippen molar-refractivity contribution < 1.29 is 4.79 Å². The maximum atomic E-state index is 12.5. The van der Waals surface area contributed by atoms with Gasteiger partial charge in [0.1, 0.15) is 0 Å². The largest absolute Gasteiger partial charge is 0.343 e. The first-order valence-electron chi connectivity index (χ1n) is 8.05. The van der Waals surface area contributed by atoms with E-state index in [1.807, 2.05) is 11.9 Å². The van der Waals surface area contributed by atoms with Gasteiger partial charge >= 0.3 is 0 Å². The van der Waals surface area contributed by atoms with Crippen molar-refractivity contribution in [2.75, 3.05) is 7.05 Å². The number of amides is 1. The second-order valence-corrected chi connectivity index (χ2v) is 7.03. The maximum Gasteiger partial charge on any atom is 0.224 e. The third kappa shape index (κ3) is 3.95. The molecule has 0 heterocycles. The summed E-state index contributed by atoms with van der Waals surface area (Å²) in [6.07, 6.45) is 11.2. The fourth-order valence-electron chi connectivity index (χ4n) is 3.82. The van der Waals surface area contributed by atoms with Crippen molar-refractivity contribution in [3.05, 3.63) is 0 Å². The highest BCUT2D eigenvalue weighted by Crippen LogP contribution is 2.31. The quantitative estimate of drug-likeness (QED) is 0.853. The summed E-state index contributed by atoms with van der Waals surface area (Å²) in [5.74, 6) is 1.03. The molecule has 0 aromatic heterocycles. The fourth-order valence-corrected chi connectivity index (χ4v) is 3.82. The van der Waals surface area contributed by atoms with E-state index < -0.39 is 0 Å². The van der Waals surface area contributed by atoms with Crippen molar-refractivity contribution >= 4 is 5.91 Å². The van der Waals surface area contributed by atoms with E-state index >= 15 is 0 Å². The molecular formula is C16H30N2O. The van der Waals surface area contributed by atoms with Crippen LogP contribution in [0.4, 0.5) is 0 Å². The molecule has 0 spiro atoms. The molecule has 3 nitrogen and oxygen atoms in total. The van der Waals surface area contributed by atoms with Gasteiger partial charge in [0.05, 0.1) is 0 Å². The number of nitrogens with zero attached hydrogens (tertiary/aromatic N) is 1. The van der Waals surface area contributed by atoms with Crippen LogP contribution in [0.5, 0.6) is 0 Å². The van der Waals surface area contributed by atoms with Gasteiger partial charge in [-0.1, -0.05) is 39.0 Å². The Morgan fingerprint density at radius 2 is 1.89 bits per heavy atom. The molecule has 2 N–H and O–H groups in total. The highest BCUT2D eigenvalue weighted by Gasteiger charge is 2.33. The van der Waals surface area contributed by atoms with Crippen LogP contribution in [0.25, 0.3) is 0 Å². The standard InChI is InChI=1S/C16H30N2O/c1-13-7-6-8-14(11-13)18(2)15(19)12-16(17)9-4-3-5-10-16/h13-14H,3-12,17H2,1-2H3. The summed E-state index contributed by atoms with van der Waals surface area (Å²) in [6, 6.07) is 0.448. The molecule has 2 aliphatic rings. The van der Waals surface area contributed by atoms with E-state index in [1.165, 1.54) is 44.9 Å². The van der Waals surface area contributed by atoms with E-state index in [-0.39, 0.29) is 11.4 Å². The second-order valence-electron chi connectivity index (χ2n) is 7.03. The SMILES string of the molecule is CC1CCCC(N(C)C(=O)CC2(N)CCCCC2)C1. The highest BCUT2D eigenvalue weighted by atomic mass is 16.2. The van der Waals surface area contributed by atoms with E-state index in [9.17, 15) is 4.79 Å².